The molecule has 1 N–H and O–H groups in total. The minimum atomic E-state index is 0. The maximum absolute atomic E-state index is 5.55. The molecular formula is C18H19ClN2O. The third-order valence-corrected chi connectivity index (χ3v) is 3.33. The number of rotatable bonds is 5. The van der Waals surface area contributed by atoms with Gasteiger partial charge < -0.3 is 9.72 Å². The molecule has 0 aliphatic heterocycles. The molecule has 1 aromatic heterocycles. The lowest BCUT2D eigenvalue weighted by atomic mass is 10.1. The van der Waals surface area contributed by atoms with Gasteiger partial charge in [0.1, 0.15) is 5.82 Å². The van der Waals surface area contributed by atoms with E-state index in [1.54, 1.807) is 0 Å². The topological polar surface area (TPSA) is 37.9 Å². The van der Waals surface area contributed by atoms with E-state index in [4.69, 9.17) is 9.72 Å². The van der Waals surface area contributed by atoms with E-state index < -0.39 is 0 Å². The molecule has 0 aliphatic carbocycles. The smallest absolute Gasteiger partial charge is 0.138 e. The fourth-order valence-corrected chi connectivity index (χ4v) is 2.29. The van der Waals surface area contributed by atoms with E-state index in [-0.39, 0.29) is 12.4 Å². The van der Waals surface area contributed by atoms with Gasteiger partial charge in [-0.25, -0.2) is 4.98 Å². The Morgan fingerprint density at radius 2 is 1.50 bits per heavy atom. The number of halogens is 1. The first-order chi connectivity index (χ1) is 10.4. The molecule has 0 amide bonds. The predicted molar refractivity (Wildman–Crippen MR) is 92.0 cm³/mol. The van der Waals surface area contributed by atoms with Crippen LogP contribution in [-0.4, -0.2) is 16.6 Å². The molecule has 0 aliphatic rings. The van der Waals surface area contributed by atoms with E-state index in [0.717, 1.165) is 28.3 Å². The van der Waals surface area contributed by atoms with Crippen molar-refractivity contribution in [1.82, 2.24) is 9.97 Å². The van der Waals surface area contributed by atoms with Gasteiger partial charge >= 0.3 is 0 Å². The van der Waals surface area contributed by atoms with Crippen molar-refractivity contribution in [2.75, 3.05) is 6.61 Å². The summed E-state index contributed by atoms with van der Waals surface area (Å²) in [6, 6.07) is 20.4. The van der Waals surface area contributed by atoms with Crippen molar-refractivity contribution in [2.45, 2.75) is 13.5 Å². The van der Waals surface area contributed by atoms with Gasteiger partial charge in [0.25, 0.3) is 0 Å². The Balaban J connectivity index is 0.00000176. The normalized spacial score (nSPS) is 10.2. The van der Waals surface area contributed by atoms with Crippen molar-refractivity contribution in [3.63, 3.8) is 0 Å². The summed E-state index contributed by atoms with van der Waals surface area (Å²) >= 11 is 0. The SMILES string of the molecule is CCOCc1nc(-c2ccccc2)[nH]c1-c1ccccc1.Cl. The van der Waals surface area contributed by atoms with Gasteiger partial charge in [-0.3, -0.25) is 0 Å². The van der Waals surface area contributed by atoms with Crippen molar-refractivity contribution in [3.05, 3.63) is 66.4 Å². The van der Waals surface area contributed by atoms with Crippen molar-refractivity contribution < 1.29 is 4.74 Å². The highest BCUT2D eigenvalue weighted by Gasteiger charge is 2.13. The second kappa shape index (κ2) is 7.78. The van der Waals surface area contributed by atoms with Crippen LogP contribution in [0.5, 0.6) is 0 Å². The molecule has 0 saturated carbocycles. The molecule has 0 atom stereocenters. The summed E-state index contributed by atoms with van der Waals surface area (Å²) < 4.78 is 5.55. The van der Waals surface area contributed by atoms with Crippen LogP contribution in [0.2, 0.25) is 0 Å². The van der Waals surface area contributed by atoms with Crippen LogP contribution in [-0.2, 0) is 11.3 Å². The molecule has 2 aromatic carbocycles. The van der Waals surface area contributed by atoms with Crippen molar-refractivity contribution in [2.24, 2.45) is 0 Å². The van der Waals surface area contributed by atoms with Crippen LogP contribution < -0.4 is 0 Å². The number of H-pyrrole nitrogens is 1. The van der Waals surface area contributed by atoms with E-state index in [0.29, 0.717) is 13.2 Å². The first-order valence-electron chi connectivity index (χ1n) is 7.16. The molecule has 0 fully saturated rings. The molecule has 0 spiro atoms. The molecule has 0 unspecified atom stereocenters. The van der Waals surface area contributed by atoms with Crippen molar-refractivity contribution in [3.8, 4) is 22.6 Å². The van der Waals surface area contributed by atoms with Gasteiger partial charge in [0.2, 0.25) is 0 Å². The maximum Gasteiger partial charge on any atom is 0.138 e. The molecule has 0 radical (unpaired) electrons. The van der Waals surface area contributed by atoms with Gasteiger partial charge in [0.05, 0.1) is 18.0 Å². The number of aromatic amines is 1. The molecule has 4 heteroatoms. The van der Waals surface area contributed by atoms with E-state index in [1.165, 1.54) is 0 Å². The van der Waals surface area contributed by atoms with E-state index in [9.17, 15) is 0 Å². The largest absolute Gasteiger partial charge is 0.375 e. The van der Waals surface area contributed by atoms with Crippen LogP contribution in [0.1, 0.15) is 12.6 Å². The molecule has 22 heavy (non-hydrogen) atoms. The number of ether oxygens (including phenoxy) is 1. The third-order valence-electron chi connectivity index (χ3n) is 3.33. The standard InChI is InChI=1S/C18H18N2O.ClH/c1-2-21-13-16-17(14-9-5-3-6-10-14)20-18(19-16)15-11-7-4-8-12-15;/h3-12H,2,13H2,1H3,(H,19,20);1H. The van der Waals surface area contributed by atoms with Gasteiger partial charge in [-0.05, 0) is 12.5 Å². The van der Waals surface area contributed by atoms with Crippen LogP contribution in [0.4, 0.5) is 0 Å². The zero-order valence-corrected chi connectivity index (χ0v) is 13.3. The monoisotopic (exact) mass is 314 g/mol. The number of nitrogens with zero attached hydrogens (tertiary/aromatic N) is 1. The third kappa shape index (κ3) is 3.56. The first-order valence-corrected chi connectivity index (χ1v) is 7.16. The summed E-state index contributed by atoms with van der Waals surface area (Å²) in [5.41, 5.74) is 4.18. The average molecular weight is 315 g/mol. The minimum Gasteiger partial charge on any atom is -0.375 e. The summed E-state index contributed by atoms with van der Waals surface area (Å²) in [5.74, 6) is 0.879. The van der Waals surface area contributed by atoms with E-state index in [1.807, 2.05) is 43.3 Å². The Kier molecular flexibility index (Phi) is 5.75. The van der Waals surface area contributed by atoms with Gasteiger partial charge in [-0.2, -0.15) is 0 Å². The van der Waals surface area contributed by atoms with Crippen LogP contribution in [0.3, 0.4) is 0 Å². The molecule has 3 nitrogen and oxygen atoms in total. The molecule has 1 heterocycles. The summed E-state index contributed by atoms with van der Waals surface area (Å²) in [5, 5.41) is 0. The number of hydrogen-bond donors (Lipinski definition) is 1. The molecule has 114 valence electrons. The quantitative estimate of drug-likeness (QED) is 0.741. The lowest BCUT2D eigenvalue weighted by Gasteiger charge is -2.02. The van der Waals surface area contributed by atoms with Crippen LogP contribution in [0, 0.1) is 0 Å². The average Bonchev–Trinajstić information content (AvgIpc) is 2.99. The minimum absolute atomic E-state index is 0. The lowest BCUT2D eigenvalue weighted by Crippen LogP contribution is -1.94. The lowest BCUT2D eigenvalue weighted by molar-refractivity contribution is 0.132. The number of aromatic nitrogens is 2. The first kappa shape index (κ1) is 16.3. The highest BCUT2D eigenvalue weighted by molar-refractivity contribution is 5.85. The summed E-state index contributed by atoms with van der Waals surface area (Å²) in [6.07, 6.45) is 0. The number of imidazole rings is 1. The van der Waals surface area contributed by atoms with Gasteiger partial charge in [-0.15, -0.1) is 12.4 Å². The second-order valence-corrected chi connectivity index (χ2v) is 4.78. The summed E-state index contributed by atoms with van der Waals surface area (Å²) in [7, 11) is 0. The van der Waals surface area contributed by atoms with Gasteiger partial charge in [0.15, 0.2) is 0 Å². The van der Waals surface area contributed by atoms with Crippen molar-refractivity contribution >= 4 is 12.4 Å². The zero-order valence-electron chi connectivity index (χ0n) is 12.5. The van der Waals surface area contributed by atoms with Crippen LogP contribution in [0.25, 0.3) is 22.6 Å². The number of hydrogen-bond acceptors (Lipinski definition) is 2. The highest BCUT2D eigenvalue weighted by Crippen LogP contribution is 2.26. The Labute approximate surface area is 136 Å². The molecule has 3 rings (SSSR count). The predicted octanol–water partition coefficient (Wildman–Crippen LogP) is 4.70. The maximum atomic E-state index is 5.55. The van der Waals surface area contributed by atoms with Crippen LogP contribution >= 0.6 is 12.4 Å². The Bertz CT molecular complexity index is 696. The highest BCUT2D eigenvalue weighted by atomic mass is 35.5. The number of nitrogens with one attached hydrogen (secondary N) is 1. The second-order valence-electron chi connectivity index (χ2n) is 4.78. The number of benzene rings is 2. The van der Waals surface area contributed by atoms with Gasteiger partial charge in [0, 0.05) is 12.2 Å². The fraction of sp³-hybridized carbons (Fsp3) is 0.167. The summed E-state index contributed by atoms with van der Waals surface area (Å²) in [4.78, 5) is 8.15. The zero-order chi connectivity index (χ0) is 14.5. The van der Waals surface area contributed by atoms with E-state index >= 15 is 0 Å². The van der Waals surface area contributed by atoms with Crippen molar-refractivity contribution in [1.29, 1.82) is 0 Å². The Hall–Kier alpha value is -2.10. The Morgan fingerprint density at radius 3 is 2.09 bits per heavy atom. The molecule has 0 saturated heterocycles. The van der Waals surface area contributed by atoms with Gasteiger partial charge in [-0.1, -0.05) is 60.7 Å². The molecule has 0 bridgehead atoms. The van der Waals surface area contributed by atoms with Crippen LogP contribution in [0.15, 0.2) is 60.7 Å². The van der Waals surface area contributed by atoms with E-state index in [2.05, 4.69) is 29.2 Å². The molecule has 3 aromatic rings. The molecular weight excluding hydrogens is 296 g/mol. The summed E-state index contributed by atoms with van der Waals surface area (Å²) in [6.45, 7) is 3.19. The Morgan fingerprint density at radius 1 is 0.909 bits per heavy atom. The fourth-order valence-electron chi connectivity index (χ4n) is 2.29.